The largest absolute Gasteiger partial charge is 0.436 e. The highest BCUT2D eigenvalue weighted by Gasteiger charge is 2.09. The minimum Gasteiger partial charge on any atom is -0.436 e. The van der Waals surface area contributed by atoms with E-state index in [-0.39, 0.29) is 16.9 Å². The summed E-state index contributed by atoms with van der Waals surface area (Å²) in [5.74, 6) is 0.205. The number of tetrazole rings is 1. The predicted molar refractivity (Wildman–Crippen MR) is 85.8 cm³/mol. The van der Waals surface area contributed by atoms with E-state index in [4.69, 9.17) is 22.1 Å². The Morgan fingerprint density at radius 1 is 1.33 bits per heavy atom. The molecule has 0 aliphatic carbocycles. The van der Waals surface area contributed by atoms with E-state index in [1.165, 1.54) is 11.0 Å². The van der Waals surface area contributed by atoms with Crippen LogP contribution in [-0.2, 0) is 6.42 Å². The van der Waals surface area contributed by atoms with Gasteiger partial charge >= 0.3 is 0 Å². The van der Waals surface area contributed by atoms with Crippen molar-refractivity contribution in [1.82, 2.24) is 25.2 Å². The molecule has 1 aromatic carbocycles. The van der Waals surface area contributed by atoms with E-state index < -0.39 is 5.82 Å². The topological polar surface area (TPSA) is 91.7 Å². The number of ether oxygens (including phenoxy) is 1. The van der Waals surface area contributed by atoms with E-state index in [9.17, 15) is 4.39 Å². The minimum atomic E-state index is -0.634. The Kier molecular flexibility index (Phi) is 4.68. The normalized spacial score (nSPS) is 12.2. The van der Waals surface area contributed by atoms with Gasteiger partial charge in [-0.25, -0.2) is 9.37 Å². The average Bonchev–Trinajstić information content (AvgIpc) is 2.98. The summed E-state index contributed by atoms with van der Waals surface area (Å²) >= 11 is 5.65. The summed E-state index contributed by atoms with van der Waals surface area (Å²) in [7, 11) is 0. The summed E-state index contributed by atoms with van der Waals surface area (Å²) in [6.07, 6.45) is 1.86. The summed E-state index contributed by atoms with van der Waals surface area (Å²) in [5.41, 5.74) is 6.40. The Bertz CT molecular complexity index is 836. The molecule has 0 aliphatic rings. The monoisotopic (exact) mass is 348 g/mol. The van der Waals surface area contributed by atoms with Crippen molar-refractivity contribution in [1.29, 1.82) is 0 Å². The first kappa shape index (κ1) is 16.3. The van der Waals surface area contributed by atoms with Crippen molar-refractivity contribution in [3.05, 3.63) is 53.2 Å². The molecule has 0 aliphatic heterocycles. The molecular formula is C15H14ClFN6O. The van der Waals surface area contributed by atoms with E-state index in [2.05, 4.69) is 20.4 Å². The van der Waals surface area contributed by atoms with Crippen molar-refractivity contribution in [3.63, 3.8) is 0 Å². The van der Waals surface area contributed by atoms with Gasteiger partial charge in [-0.05, 0) is 42.5 Å². The fourth-order valence-electron chi connectivity index (χ4n) is 1.96. The fraction of sp³-hybridized carbons (Fsp3) is 0.200. The number of nitrogens with two attached hydrogens (primary N) is 1. The van der Waals surface area contributed by atoms with Gasteiger partial charge in [-0.15, -0.1) is 15.0 Å². The highest BCUT2D eigenvalue weighted by atomic mass is 35.5. The number of rotatable bonds is 5. The molecule has 2 aromatic heterocycles. The van der Waals surface area contributed by atoms with Crippen molar-refractivity contribution in [2.75, 3.05) is 0 Å². The first-order valence-electron chi connectivity index (χ1n) is 7.15. The molecule has 0 unspecified atom stereocenters. The van der Waals surface area contributed by atoms with Crippen LogP contribution in [0.1, 0.15) is 12.7 Å². The number of benzene rings is 1. The summed E-state index contributed by atoms with van der Waals surface area (Å²) in [4.78, 5) is 5.20. The second-order valence-corrected chi connectivity index (χ2v) is 5.65. The third-order valence-electron chi connectivity index (χ3n) is 3.02. The van der Waals surface area contributed by atoms with Crippen LogP contribution in [0, 0.1) is 5.82 Å². The maximum absolute atomic E-state index is 13.7. The Balaban J connectivity index is 1.74. The summed E-state index contributed by atoms with van der Waals surface area (Å²) in [5, 5.41) is 12.4. The Morgan fingerprint density at radius 3 is 2.75 bits per heavy atom. The number of hydrogen-bond donors (Lipinski definition) is 1. The molecule has 0 amide bonds. The van der Waals surface area contributed by atoms with Crippen LogP contribution in [0.15, 0.2) is 36.5 Å². The van der Waals surface area contributed by atoms with Gasteiger partial charge in [0, 0.05) is 18.7 Å². The van der Waals surface area contributed by atoms with Crippen LogP contribution in [-0.4, -0.2) is 31.2 Å². The first-order valence-corrected chi connectivity index (χ1v) is 7.53. The van der Waals surface area contributed by atoms with Gasteiger partial charge in [-0.2, -0.15) is 0 Å². The number of pyridine rings is 1. The number of nitrogens with zero attached hydrogens (tertiary/aromatic N) is 5. The molecule has 7 nitrogen and oxygen atoms in total. The lowest BCUT2D eigenvalue weighted by atomic mass is 10.2. The van der Waals surface area contributed by atoms with Crippen molar-refractivity contribution in [3.8, 4) is 17.3 Å². The third kappa shape index (κ3) is 3.84. The molecule has 3 rings (SSSR count). The van der Waals surface area contributed by atoms with Gasteiger partial charge in [0.2, 0.25) is 0 Å². The van der Waals surface area contributed by atoms with E-state index >= 15 is 0 Å². The molecule has 0 spiro atoms. The first-order chi connectivity index (χ1) is 11.5. The minimum absolute atomic E-state index is 0.0415. The van der Waals surface area contributed by atoms with Crippen molar-refractivity contribution in [2.45, 2.75) is 19.4 Å². The van der Waals surface area contributed by atoms with E-state index in [0.717, 1.165) is 6.07 Å². The Hall–Kier alpha value is -2.58. The van der Waals surface area contributed by atoms with Gasteiger partial charge in [0.1, 0.15) is 5.75 Å². The van der Waals surface area contributed by atoms with Crippen LogP contribution in [0.2, 0.25) is 5.02 Å². The highest BCUT2D eigenvalue weighted by Crippen LogP contribution is 2.24. The van der Waals surface area contributed by atoms with Gasteiger partial charge < -0.3 is 10.5 Å². The Morgan fingerprint density at radius 2 is 2.08 bits per heavy atom. The van der Waals surface area contributed by atoms with Crippen LogP contribution < -0.4 is 10.5 Å². The van der Waals surface area contributed by atoms with E-state index in [0.29, 0.717) is 23.7 Å². The molecule has 1 atom stereocenters. The molecule has 0 saturated carbocycles. The Labute approximate surface area is 142 Å². The molecule has 124 valence electrons. The second kappa shape index (κ2) is 6.90. The quantitative estimate of drug-likeness (QED) is 0.761. The smallest absolute Gasteiger partial charge is 0.255 e. The van der Waals surface area contributed by atoms with Crippen molar-refractivity contribution in [2.24, 2.45) is 5.73 Å². The molecule has 9 heteroatoms. The second-order valence-electron chi connectivity index (χ2n) is 5.21. The zero-order valence-electron chi connectivity index (χ0n) is 12.7. The van der Waals surface area contributed by atoms with Crippen LogP contribution in [0.3, 0.4) is 0 Å². The SMILES string of the molecule is C[C@H](N)Cc1nnn(-c2ccc(Oc3ncc(Cl)cc3F)cc2)n1. The summed E-state index contributed by atoms with van der Waals surface area (Å²) < 4.78 is 19.1. The summed E-state index contributed by atoms with van der Waals surface area (Å²) in [6.45, 7) is 1.87. The van der Waals surface area contributed by atoms with Crippen LogP contribution in [0.5, 0.6) is 11.6 Å². The standard InChI is InChI=1S/C15H14ClFN6O/c1-9(18)6-14-20-22-23(21-14)11-2-4-12(5-3-11)24-15-13(17)7-10(16)8-19-15/h2-5,7-9H,6,18H2,1H3/t9-/m0/s1. The van der Waals surface area contributed by atoms with Crippen molar-refractivity contribution >= 4 is 11.6 Å². The predicted octanol–water partition coefficient (Wildman–Crippen LogP) is 2.53. The lowest BCUT2D eigenvalue weighted by Gasteiger charge is -2.06. The van der Waals surface area contributed by atoms with E-state index in [1.807, 2.05) is 6.92 Å². The average molecular weight is 349 g/mol. The van der Waals surface area contributed by atoms with Crippen LogP contribution in [0.4, 0.5) is 4.39 Å². The fourth-order valence-corrected chi connectivity index (χ4v) is 2.10. The zero-order valence-corrected chi connectivity index (χ0v) is 13.5. The lowest BCUT2D eigenvalue weighted by molar-refractivity contribution is 0.422. The number of hydrogen-bond acceptors (Lipinski definition) is 6. The van der Waals surface area contributed by atoms with Gasteiger partial charge in [-0.3, -0.25) is 0 Å². The molecule has 3 aromatic rings. The molecule has 2 heterocycles. The van der Waals surface area contributed by atoms with Gasteiger partial charge in [0.25, 0.3) is 5.88 Å². The maximum Gasteiger partial charge on any atom is 0.255 e. The van der Waals surface area contributed by atoms with Gasteiger partial charge in [0.15, 0.2) is 11.6 Å². The van der Waals surface area contributed by atoms with Gasteiger partial charge in [-0.1, -0.05) is 11.6 Å². The molecular weight excluding hydrogens is 335 g/mol. The molecule has 0 fully saturated rings. The third-order valence-corrected chi connectivity index (χ3v) is 3.22. The number of halogens is 2. The molecule has 2 N–H and O–H groups in total. The van der Waals surface area contributed by atoms with Gasteiger partial charge in [0.05, 0.1) is 10.7 Å². The number of aromatic nitrogens is 5. The summed E-state index contributed by atoms with van der Waals surface area (Å²) in [6, 6.07) is 7.85. The van der Waals surface area contributed by atoms with E-state index in [1.54, 1.807) is 24.3 Å². The molecule has 24 heavy (non-hydrogen) atoms. The maximum atomic E-state index is 13.7. The molecule has 0 radical (unpaired) electrons. The van der Waals surface area contributed by atoms with Crippen molar-refractivity contribution < 1.29 is 9.13 Å². The zero-order chi connectivity index (χ0) is 17.1. The molecule has 0 bridgehead atoms. The van der Waals surface area contributed by atoms with Crippen LogP contribution >= 0.6 is 11.6 Å². The lowest BCUT2D eigenvalue weighted by Crippen LogP contribution is -2.18. The highest BCUT2D eigenvalue weighted by molar-refractivity contribution is 6.30. The molecule has 0 saturated heterocycles. The van der Waals surface area contributed by atoms with Crippen LogP contribution in [0.25, 0.3) is 5.69 Å².